The highest BCUT2D eigenvalue weighted by molar-refractivity contribution is 7.00. The van der Waals surface area contributed by atoms with Gasteiger partial charge in [0, 0.05) is 44.8 Å². The number of hydrogen-bond donors (Lipinski definition) is 0. The summed E-state index contributed by atoms with van der Waals surface area (Å²) in [5.41, 5.74) is 28.6. The van der Waals surface area contributed by atoms with E-state index in [9.17, 15) is 0 Å². The molecule has 2 aliphatic heterocycles. The number of hydrogen-bond acceptors (Lipinski definition) is 2. The van der Waals surface area contributed by atoms with Gasteiger partial charge >= 0.3 is 0 Å². The fraction of sp³-hybridized carbons (Fsp3) is 0.316. The number of anilines is 6. The molecule has 3 heteroatoms. The van der Waals surface area contributed by atoms with Gasteiger partial charge in [0.05, 0.1) is 5.69 Å². The van der Waals surface area contributed by atoms with Gasteiger partial charge in [-0.1, -0.05) is 236 Å². The van der Waals surface area contributed by atoms with Gasteiger partial charge < -0.3 is 9.80 Å². The molecule has 0 amide bonds. The smallest absolute Gasteiger partial charge is 0.252 e. The van der Waals surface area contributed by atoms with Gasteiger partial charge in [-0.2, -0.15) is 0 Å². The van der Waals surface area contributed by atoms with Crippen LogP contribution in [0.25, 0.3) is 22.3 Å². The molecule has 9 aromatic rings. The van der Waals surface area contributed by atoms with E-state index >= 15 is 0 Å². The maximum atomic E-state index is 2.73. The first-order valence-corrected chi connectivity index (χ1v) is 30.6. The van der Waals surface area contributed by atoms with Crippen LogP contribution in [-0.4, -0.2) is 6.71 Å². The molecule has 9 aromatic carbocycles. The highest BCUT2D eigenvalue weighted by Gasteiger charge is 2.48. The highest BCUT2D eigenvalue weighted by Crippen LogP contribution is 2.54. The van der Waals surface area contributed by atoms with Crippen LogP contribution in [0.1, 0.15) is 179 Å². The van der Waals surface area contributed by atoms with Crippen molar-refractivity contribution < 1.29 is 0 Å². The summed E-state index contributed by atoms with van der Waals surface area (Å²) in [5.74, 6) is 0.262. The summed E-state index contributed by atoms with van der Waals surface area (Å²) in [6.07, 6.45) is 4.66. The van der Waals surface area contributed by atoms with Crippen LogP contribution in [0, 0.1) is 0 Å². The van der Waals surface area contributed by atoms with E-state index in [2.05, 4.69) is 301 Å². The van der Waals surface area contributed by atoms with Gasteiger partial charge in [0.25, 0.3) is 6.71 Å². The monoisotopic (exact) mass is 1070 g/mol. The fourth-order valence-corrected chi connectivity index (χ4v) is 14.9. The third-order valence-corrected chi connectivity index (χ3v) is 20.8. The number of nitrogens with zero attached hydrogens (tertiary/aromatic N) is 2. The topological polar surface area (TPSA) is 6.48 Å². The molecule has 0 atom stereocenters. The Morgan fingerprint density at radius 3 is 1.45 bits per heavy atom. The molecule has 0 saturated carbocycles. The molecule has 82 heavy (non-hydrogen) atoms. The molecule has 412 valence electrons. The van der Waals surface area contributed by atoms with Crippen LogP contribution in [0.4, 0.5) is 34.1 Å². The molecule has 2 aliphatic carbocycles. The lowest BCUT2D eigenvalue weighted by molar-refractivity contribution is 0.332. The lowest BCUT2D eigenvalue weighted by Crippen LogP contribution is -2.62. The van der Waals surface area contributed by atoms with Gasteiger partial charge in [-0.3, -0.25) is 0 Å². The summed E-state index contributed by atoms with van der Waals surface area (Å²) in [6.45, 7) is 34.2. The van der Waals surface area contributed by atoms with Crippen molar-refractivity contribution in [3.63, 3.8) is 0 Å². The van der Waals surface area contributed by atoms with Crippen LogP contribution >= 0.6 is 0 Å². The first-order valence-electron chi connectivity index (χ1n) is 30.6. The summed E-state index contributed by atoms with van der Waals surface area (Å²) in [6, 6.07) is 75.6. The number of benzene rings is 9. The second-order valence-electron chi connectivity index (χ2n) is 28.9. The largest absolute Gasteiger partial charge is 0.311 e. The van der Waals surface area contributed by atoms with Gasteiger partial charge in [-0.25, -0.2) is 0 Å². The minimum absolute atomic E-state index is 0.0162. The van der Waals surface area contributed by atoms with E-state index in [1.807, 2.05) is 0 Å². The van der Waals surface area contributed by atoms with E-state index < -0.39 is 0 Å². The Hall–Kier alpha value is -7.36. The first-order chi connectivity index (χ1) is 39.0. The molecule has 0 saturated heterocycles. The molecule has 0 aromatic heterocycles. The van der Waals surface area contributed by atoms with Crippen molar-refractivity contribution in [2.45, 2.75) is 161 Å². The zero-order valence-corrected chi connectivity index (χ0v) is 51.4. The summed E-state index contributed by atoms with van der Waals surface area (Å²) < 4.78 is 0. The number of fused-ring (bicyclic) bond motifs is 6. The Kier molecular flexibility index (Phi) is 12.6. The Bertz CT molecular complexity index is 3970. The molecular weight excluding hydrogens is 988 g/mol. The van der Waals surface area contributed by atoms with Crippen LogP contribution in [0.15, 0.2) is 194 Å². The fourth-order valence-electron chi connectivity index (χ4n) is 14.9. The first kappa shape index (κ1) is 53.9. The molecule has 4 aliphatic rings. The molecule has 0 radical (unpaired) electrons. The van der Waals surface area contributed by atoms with E-state index in [0.29, 0.717) is 0 Å². The van der Waals surface area contributed by atoms with Gasteiger partial charge in [0.1, 0.15) is 0 Å². The van der Waals surface area contributed by atoms with E-state index in [-0.39, 0.29) is 45.1 Å². The highest BCUT2D eigenvalue weighted by atomic mass is 15.2. The molecule has 0 unspecified atom stereocenters. The molecule has 0 N–H and O–H groups in total. The van der Waals surface area contributed by atoms with E-state index in [1.54, 1.807) is 0 Å². The zero-order chi connectivity index (χ0) is 57.5. The normalized spacial score (nSPS) is 17.1. The Balaban J connectivity index is 1.16. The van der Waals surface area contributed by atoms with Crippen LogP contribution in [-0.2, 0) is 32.5 Å². The van der Waals surface area contributed by atoms with Crippen LogP contribution in [0.2, 0.25) is 0 Å². The lowest BCUT2D eigenvalue weighted by atomic mass is 9.33. The van der Waals surface area contributed by atoms with Crippen molar-refractivity contribution in [2.24, 2.45) is 0 Å². The molecule has 0 spiro atoms. The lowest BCUT2D eigenvalue weighted by Gasteiger charge is -2.48. The average molecular weight is 1070 g/mol. The maximum Gasteiger partial charge on any atom is 0.252 e. The second kappa shape index (κ2) is 19.1. The Morgan fingerprint density at radius 1 is 0.366 bits per heavy atom. The summed E-state index contributed by atoms with van der Waals surface area (Å²) >= 11 is 0. The third-order valence-electron chi connectivity index (χ3n) is 20.8. The van der Waals surface area contributed by atoms with Crippen LogP contribution in [0.5, 0.6) is 0 Å². The predicted octanol–water partition coefficient (Wildman–Crippen LogP) is 19.6. The van der Waals surface area contributed by atoms with Crippen molar-refractivity contribution in [2.75, 3.05) is 9.80 Å². The van der Waals surface area contributed by atoms with Crippen LogP contribution < -0.4 is 26.2 Å². The van der Waals surface area contributed by atoms with Gasteiger partial charge in [0.15, 0.2) is 0 Å². The van der Waals surface area contributed by atoms with Gasteiger partial charge in [-0.05, 0) is 191 Å². The second-order valence-corrected chi connectivity index (χ2v) is 28.9. The molecule has 2 nitrogen and oxygen atoms in total. The van der Waals surface area contributed by atoms with E-state index in [0.717, 1.165) is 19.3 Å². The quantitative estimate of drug-likeness (QED) is 0.133. The maximum absolute atomic E-state index is 2.73. The Morgan fingerprint density at radius 2 is 0.854 bits per heavy atom. The third kappa shape index (κ3) is 8.65. The zero-order valence-electron chi connectivity index (χ0n) is 51.4. The SMILES string of the molecule is CC(C)c1cc2c3c(c1)N(c1ccc(C(C)(C)c4ccccc4)cc1-c1cccc(-c4ccccc4)c1)c1cc(C(C)(C)c4ccccc4)ccc1B3c1cc3c(cc1N2c1ccc2c(c1)C(C)(C)CCC2(C)C)C(C)(C)CCC3(C)C. The molecular formula is C79H83BN2. The van der Waals surface area contributed by atoms with E-state index in [4.69, 9.17) is 0 Å². The minimum atomic E-state index is -0.283. The summed E-state index contributed by atoms with van der Waals surface area (Å²) in [4.78, 5) is 5.45. The number of rotatable bonds is 9. The van der Waals surface area contributed by atoms with Gasteiger partial charge in [0.2, 0.25) is 0 Å². The van der Waals surface area contributed by atoms with Gasteiger partial charge in [-0.15, -0.1) is 0 Å². The van der Waals surface area contributed by atoms with Crippen molar-refractivity contribution in [1.29, 1.82) is 0 Å². The molecule has 0 bridgehead atoms. The molecule has 2 heterocycles. The summed E-state index contributed by atoms with van der Waals surface area (Å²) in [7, 11) is 0. The average Bonchev–Trinajstić information content (AvgIpc) is 1.00. The van der Waals surface area contributed by atoms with Crippen molar-refractivity contribution >= 4 is 57.2 Å². The van der Waals surface area contributed by atoms with E-state index in [1.165, 1.54) is 129 Å². The summed E-state index contributed by atoms with van der Waals surface area (Å²) in [5, 5.41) is 0. The molecule has 13 rings (SSSR count). The Labute approximate surface area is 491 Å². The minimum Gasteiger partial charge on any atom is -0.311 e. The van der Waals surface area contributed by atoms with Crippen molar-refractivity contribution in [3.8, 4) is 22.3 Å². The predicted molar refractivity (Wildman–Crippen MR) is 353 cm³/mol. The standard InChI is InChI=1S/C79H83BN2/c1-51(2)55-44-71-73-72(45-55)82(68-38-34-58(78(11,12)56-29-20-16-21-30-56)46-61(68)54-28-24-27-53(43-54)52-25-18-15-19-26-52)69-47-59(79(13,14)57-31-22-17-23-32-57)33-37-66(69)80(73)67-49-64-65(77(9,10)42-41-76(64,7)8)50-70(67)81(71)60-35-36-62-63(48-60)75(5,6)40-39-74(62,3)4/h15-38,43-51H,39-42H2,1-14H3. The van der Waals surface area contributed by atoms with Crippen LogP contribution in [0.3, 0.4) is 0 Å². The van der Waals surface area contributed by atoms with Crippen molar-refractivity contribution in [1.82, 2.24) is 0 Å². The van der Waals surface area contributed by atoms with Crippen molar-refractivity contribution in [3.05, 3.63) is 244 Å². The molecule has 0 fully saturated rings.